The zero-order valence-electron chi connectivity index (χ0n) is 7.15. The SMILES string of the molecule is O=c1ccc(-c2cn[nH]c(=O)c2)c[nH]1. The monoisotopic (exact) mass is 189 g/mol. The maximum absolute atomic E-state index is 10.9. The molecule has 0 aliphatic heterocycles. The highest BCUT2D eigenvalue weighted by Gasteiger charge is 1.97. The first-order valence-corrected chi connectivity index (χ1v) is 3.99. The van der Waals surface area contributed by atoms with Gasteiger partial charge in [-0.1, -0.05) is 0 Å². The second kappa shape index (κ2) is 3.29. The van der Waals surface area contributed by atoms with Crippen molar-refractivity contribution in [3.8, 4) is 11.1 Å². The summed E-state index contributed by atoms with van der Waals surface area (Å²) in [5, 5.41) is 5.93. The third-order valence-electron chi connectivity index (χ3n) is 1.78. The number of pyridine rings is 1. The molecule has 2 rings (SSSR count). The van der Waals surface area contributed by atoms with E-state index in [-0.39, 0.29) is 11.1 Å². The number of aromatic nitrogens is 3. The zero-order valence-corrected chi connectivity index (χ0v) is 7.15. The van der Waals surface area contributed by atoms with Crippen molar-refractivity contribution in [3.63, 3.8) is 0 Å². The normalized spacial score (nSPS) is 10.0. The first-order chi connectivity index (χ1) is 6.75. The average Bonchev–Trinajstić information content (AvgIpc) is 2.19. The predicted octanol–water partition coefficient (Wildman–Crippen LogP) is 0.125. The van der Waals surface area contributed by atoms with Crippen molar-refractivity contribution in [2.75, 3.05) is 0 Å². The number of hydrogen-bond donors (Lipinski definition) is 2. The van der Waals surface area contributed by atoms with Gasteiger partial charge in [0.2, 0.25) is 5.56 Å². The molecule has 2 N–H and O–H groups in total. The van der Waals surface area contributed by atoms with Gasteiger partial charge in [0.05, 0.1) is 6.20 Å². The highest BCUT2D eigenvalue weighted by Crippen LogP contribution is 2.12. The molecular weight excluding hydrogens is 182 g/mol. The summed E-state index contributed by atoms with van der Waals surface area (Å²) in [6, 6.07) is 4.45. The van der Waals surface area contributed by atoms with Gasteiger partial charge in [0.25, 0.3) is 5.56 Å². The Morgan fingerprint density at radius 1 is 1.07 bits per heavy atom. The van der Waals surface area contributed by atoms with Gasteiger partial charge in [-0.25, -0.2) is 5.10 Å². The molecule has 5 nitrogen and oxygen atoms in total. The predicted molar refractivity (Wildman–Crippen MR) is 50.9 cm³/mol. The Morgan fingerprint density at radius 3 is 2.57 bits per heavy atom. The van der Waals surface area contributed by atoms with Crippen molar-refractivity contribution in [3.05, 3.63) is 51.3 Å². The number of H-pyrrole nitrogens is 2. The minimum Gasteiger partial charge on any atom is -0.328 e. The van der Waals surface area contributed by atoms with Crippen LogP contribution >= 0.6 is 0 Å². The molecule has 2 aromatic heterocycles. The number of hydrogen-bond acceptors (Lipinski definition) is 3. The van der Waals surface area contributed by atoms with Gasteiger partial charge in [-0.3, -0.25) is 9.59 Å². The molecule has 0 amide bonds. The van der Waals surface area contributed by atoms with Crippen LogP contribution in [0.25, 0.3) is 11.1 Å². The van der Waals surface area contributed by atoms with Crippen LogP contribution in [0.3, 0.4) is 0 Å². The lowest BCUT2D eigenvalue weighted by atomic mass is 10.1. The molecule has 0 saturated carbocycles. The molecule has 0 aromatic carbocycles. The van der Waals surface area contributed by atoms with Crippen LogP contribution in [0.1, 0.15) is 0 Å². The summed E-state index contributed by atoms with van der Waals surface area (Å²) >= 11 is 0. The van der Waals surface area contributed by atoms with Gasteiger partial charge in [0.15, 0.2) is 0 Å². The largest absolute Gasteiger partial charge is 0.328 e. The Labute approximate surface area is 78.4 Å². The Morgan fingerprint density at radius 2 is 1.93 bits per heavy atom. The molecule has 0 aliphatic rings. The van der Waals surface area contributed by atoms with E-state index in [2.05, 4.69) is 15.2 Å². The Hall–Kier alpha value is -2.17. The minimum absolute atomic E-state index is 0.174. The number of rotatable bonds is 1. The lowest BCUT2D eigenvalue weighted by Crippen LogP contribution is -2.06. The van der Waals surface area contributed by atoms with E-state index in [0.717, 1.165) is 5.56 Å². The quantitative estimate of drug-likeness (QED) is 0.669. The lowest BCUT2D eigenvalue weighted by molar-refractivity contribution is 0.990. The van der Waals surface area contributed by atoms with Gasteiger partial charge in [-0.2, -0.15) is 5.10 Å². The summed E-state index contributed by atoms with van der Waals surface area (Å²) in [6.07, 6.45) is 3.06. The number of nitrogens with zero attached hydrogens (tertiary/aromatic N) is 1. The maximum atomic E-state index is 10.9. The zero-order chi connectivity index (χ0) is 9.97. The van der Waals surface area contributed by atoms with Gasteiger partial charge < -0.3 is 4.98 Å². The van der Waals surface area contributed by atoms with E-state index in [1.54, 1.807) is 12.3 Å². The third-order valence-corrected chi connectivity index (χ3v) is 1.78. The second-order valence-electron chi connectivity index (χ2n) is 2.78. The maximum Gasteiger partial charge on any atom is 0.264 e. The van der Waals surface area contributed by atoms with Crippen LogP contribution in [0, 0.1) is 0 Å². The van der Waals surface area contributed by atoms with E-state index in [0.29, 0.717) is 5.56 Å². The van der Waals surface area contributed by atoms with Gasteiger partial charge >= 0.3 is 0 Å². The molecule has 0 fully saturated rings. The fraction of sp³-hybridized carbons (Fsp3) is 0. The van der Waals surface area contributed by atoms with Crippen molar-refractivity contribution >= 4 is 0 Å². The molecule has 0 atom stereocenters. The molecule has 2 aromatic rings. The van der Waals surface area contributed by atoms with Crippen LogP contribution in [0.5, 0.6) is 0 Å². The van der Waals surface area contributed by atoms with E-state index in [9.17, 15) is 9.59 Å². The molecule has 70 valence electrons. The molecule has 0 radical (unpaired) electrons. The molecule has 0 bridgehead atoms. The van der Waals surface area contributed by atoms with Crippen LogP contribution in [-0.2, 0) is 0 Å². The van der Waals surface area contributed by atoms with E-state index < -0.39 is 0 Å². The molecule has 5 heteroatoms. The summed E-state index contributed by atoms with van der Waals surface area (Å²) in [7, 11) is 0. The van der Waals surface area contributed by atoms with E-state index in [1.165, 1.54) is 18.3 Å². The van der Waals surface area contributed by atoms with Gasteiger partial charge in [0, 0.05) is 23.9 Å². The fourth-order valence-electron chi connectivity index (χ4n) is 1.12. The lowest BCUT2D eigenvalue weighted by Gasteiger charge is -1.97. The van der Waals surface area contributed by atoms with Crippen LogP contribution in [0.4, 0.5) is 0 Å². The topological polar surface area (TPSA) is 78.6 Å². The summed E-state index contributed by atoms with van der Waals surface area (Å²) in [5.41, 5.74) is 0.980. The molecule has 0 unspecified atom stereocenters. The third kappa shape index (κ3) is 1.61. The number of aromatic amines is 2. The van der Waals surface area contributed by atoms with Gasteiger partial charge in [-0.05, 0) is 11.6 Å². The Kier molecular flexibility index (Phi) is 1.98. The van der Waals surface area contributed by atoms with E-state index >= 15 is 0 Å². The summed E-state index contributed by atoms with van der Waals surface area (Å²) in [6.45, 7) is 0. The van der Waals surface area contributed by atoms with Crippen molar-refractivity contribution in [1.82, 2.24) is 15.2 Å². The fourth-order valence-corrected chi connectivity index (χ4v) is 1.12. The first kappa shape index (κ1) is 8.43. The molecule has 2 heterocycles. The van der Waals surface area contributed by atoms with Crippen molar-refractivity contribution < 1.29 is 0 Å². The van der Waals surface area contributed by atoms with Crippen LogP contribution < -0.4 is 11.1 Å². The van der Waals surface area contributed by atoms with Crippen LogP contribution in [-0.4, -0.2) is 15.2 Å². The molecule has 0 spiro atoms. The second-order valence-corrected chi connectivity index (χ2v) is 2.78. The Balaban J connectivity index is 2.55. The van der Waals surface area contributed by atoms with E-state index in [1.807, 2.05) is 0 Å². The van der Waals surface area contributed by atoms with Crippen LogP contribution in [0.15, 0.2) is 40.2 Å². The smallest absolute Gasteiger partial charge is 0.264 e. The van der Waals surface area contributed by atoms with E-state index in [4.69, 9.17) is 0 Å². The molecule has 0 aliphatic carbocycles. The average molecular weight is 189 g/mol. The van der Waals surface area contributed by atoms with Crippen molar-refractivity contribution in [1.29, 1.82) is 0 Å². The molecule has 14 heavy (non-hydrogen) atoms. The van der Waals surface area contributed by atoms with Crippen molar-refractivity contribution in [2.24, 2.45) is 0 Å². The molecular formula is C9H7N3O2. The summed E-state index contributed by atoms with van der Waals surface area (Å²) in [4.78, 5) is 24.2. The van der Waals surface area contributed by atoms with Gasteiger partial charge in [0.1, 0.15) is 0 Å². The first-order valence-electron chi connectivity index (χ1n) is 3.99. The molecule has 0 saturated heterocycles. The van der Waals surface area contributed by atoms with Crippen LogP contribution in [0.2, 0.25) is 0 Å². The minimum atomic E-state index is -0.270. The highest BCUT2D eigenvalue weighted by atomic mass is 16.1. The summed E-state index contributed by atoms with van der Waals surface area (Å²) < 4.78 is 0. The Bertz CT molecular complexity index is 536. The highest BCUT2D eigenvalue weighted by molar-refractivity contribution is 5.60. The number of nitrogens with one attached hydrogen (secondary N) is 2. The van der Waals surface area contributed by atoms with Gasteiger partial charge in [-0.15, -0.1) is 0 Å². The standard InChI is InChI=1S/C9H7N3O2/c13-8-2-1-6(4-10-8)7-3-9(14)12-11-5-7/h1-5H,(H,10,13)(H,12,14). The summed E-state index contributed by atoms with van der Waals surface area (Å²) in [5.74, 6) is 0. The van der Waals surface area contributed by atoms with Crippen molar-refractivity contribution in [2.45, 2.75) is 0 Å².